The lowest BCUT2D eigenvalue weighted by Gasteiger charge is -2.09. The number of thioether (sulfide) groups is 1. The molecular formula is C21H24N2O4S2. The highest BCUT2D eigenvalue weighted by Gasteiger charge is 2.13. The van der Waals surface area contributed by atoms with Crippen molar-refractivity contribution in [2.45, 2.75) is 37.5 Å². The summed E-state index contributed by atoms with van der Waals surface area (Å²) in [6.07, 6.45) is 0.495. The second-order valence-electron chi connectivity index (χ2n) is 6.71. The number of carbonyl (C=O) groups excluding carboxylic acids is 4. The third kappa shape index (κ3) is 7.83. The Morgan fingerprint density at radius 1 is 0.931 bits per heavy atom. The van der Waals surface area contributed by atoms with E-state index >= 15 is 0 Å². The van der Waals surface area contributed by atoms with E-state index in [1.807, 2.05) is 13.0 Å². The predicted molar refractivity (Wildman–Crippen MR) is 117 cm³/mol. The van der Waals surface area contributed by atoms with Crippen LogP contribution in [0.4, 0.5) is 10.5 Å². The molecule has 0 unspecified atom stereocenters. The van der Waals surface area contributed by atoms with E-state index in [0.29, 0.717) is 10.6 Å². The number of Topliss-reactive ketones (excluding diaryl/α,β-unsaturated/α-hetero) is 2. The number of amides is 2. The fourth-order valence-electron chi connectivity index (χ4n) is 2.36. The molecule has 0 saturated heterocycles. The molecule has 0 saturated carbocycles. The molecule has 0 aliphatic carbocycles. The first-order valence-electron chi connectivity index (χ1n) is 9.15. The number of nitrogens with zero attached hydrogens (tertiary/aromatic N) is 1. The van der Waals surface area contributed by atoms with Crippen LogP contribution >= 0.6 is 23.1 Å². The lowest BCUT2D eigenvalue weighted by molar-refractivity contribution is -0.122. The number of ketones is 2. The number of benzene rings is 1. The van der Waals surface area contributed by atoms with Gasteiger partial charge in [0.2, 0.25) is 5.91 Å². The second-order valence-corrected chi connectivity index (χ2v) is 9.02. The number of nitrogens with one attached hydrogen (secondary N) is 1. The van der Waals surface area contributed by atoms with E-state index in [0.717, 1.165) is 21.5 Å². The van der Waals surface area contributed by atoms with Gasteiger partial charge in [-0.1, -0.05) is 0 Å². The quantitative estimate of drug-likeness (QED) is 0.455. The monoisotopic (exact) mass is 432 g/mol. The van der Waals surface area contributed by atoms with Crippen molar-refractivity contribution in [2.24, 2.45) is 0 Å². The molecule has 1 aromatic heterocycles. The Bertz CT molecular complexity index is 888. The first kappa shape index (κ1) is 22.8. The van der Waals surface area contributed by atoms with Crippen LogP contribution < -0.4 is 5.32 Å². The molecule has 29 heavy (non-hydrogen) atoms. The summed E-state index contributed by atoms with van der Waals surface area (Å²) >= 11 is 2.53. The van der Waals surface area contributed by atoms with Crippen molar-refractivity contribution in [3.63, 3.8) is 0 Å². The van der Waals surface area contributed by atoms with Crippen LogP contribution in [-0.4, -0.2) is 41.7 Å². The molecule has 6 nitrogen and oxygen atoms in total. The lowest BCUT2D eigenvalue weighted by atomic mass is 10.1. The molecule has 0 aliphatic heterocycles. The molecule has 0 spiro atoms. The first-order valence-corrected chi connectivity index (χ1v) is 10.8. The Hall–Kier alpha value is -2.45. The number of hydrogen-bond donors (Lipinski definition) is 1. The van der Waals surface area contributed by atoms with E-state index in [4.69, 9.17) is 0 Å². The lowest BCUT2D eigenvalue weighted by Crippen LogP contribution is -2.16. The van der Waals surface area contributed by atoms with E-state index in [2.05, 4.69) is 5.32 Å². The van der Waals surface area contributed by atoms with E-state index in [9.17, 15) is 19.2 Å². The van der Waals surface area contributed by atoms with Crippen molar-refractivity contribution >= 4 is 51.5 Å². The van der Waals surface area contributed by atoms with Crippen LogP contribution in [0.3, 0.4) is 0 Å². The van der Waals surface area contributed by atoms with Gasteiger partial charge in [0.1, 0.15) is 5.78 Å². The normalized spacial score (nSPS) is 10.4. The van der Waals surface area contributed by atoms with E-state index in [1.54, 1.807) is 44.4 Å². The van der Waals surface area contributed by atoms with E-state index in [1.165, 1.54) is 16.2 Å². The Kier molecular flexibility index (Phi) is 8.60. The molecule has 1 heterocycles. The molecule has 2 rings (SSSR count). The van der Waals surface area contributed by atoms with Crippen molar-refractivity contribution in [2.75, 3.05) is 19.4 Å². The Morgan fingerprint density at radius 3 is 2.17 bits per heavy atom. The SMILES string of the molecule is Cc1ccc(C(=O)CCC(=O)CCC(=O)Nc2ccc(SC(=O)N(C)C)cc2)s1. The van der Waals surface area contributed by atoms with Gasteiger partial charge >= 0.3 is 0 Å². The summed E-state index contributed by atoms with van der Waals surface area (Å²) in [6.45, 7) is 1.93. The van der Waals surface area contributed by atoms with Gasteiger partial charge in [-0.2, -0.15) is 0 Å². The van der Waals surface area contributed by atoms with Crippen LogP contribution in [0.25, 0.3) is 0 Å². The maximum Gasteiger partial charge on any atom is 0.285 e. The molecule has 1 aromatic carbocycles. The van der Waals surface area contributed by atoms with Crippen LogP contribution in [0, 0.1) is 6.92 Å². The van der Waals surface area contributed by atoms with Crippen molar-refractivity contribution in [1.82, 2.24) is 4.90 Å². The number of thiophene rings is 1. The molecule has 1 N–H and O–H groups in total. The summed E-state index contributed by atoms with van der Waals surface area (Å²) in [5.41, 5.74) is 0.604. The summed E-state index contributed by atoms with van der Waals surface area (Å²) in [4.78, 5) is 51.7. The molecule has 0 atom stereocenters. The van der Waals surface area contributed by atoms with Gasteiger partial charge in [-0.3, -0.25) is 19.2 Å². The van der Waals surface area contributed by atoms with Gasteiger partial charge in [0.25, 0.3) is 5.24 Å². The molecule has 8 heteroatoms. The summed E-state index contributed by atoms with van der Waals surface area (Å²) in [5, 5.41) is 2.66. The maximum atomic E-state index is 12.0. The summed E-state index contributed by atoms with van der Waals surface area (Å²) in [6, 6.07) is 10.6. The highest BCUT2D eigenvalue weighted by atomic mass is 32.2. The minimum atomic E-state index is -0.261. The third-order valence-electron chi connectivity index (χ3n) is 3.99. The molecule has 154 valence electrons. The molecule has 2 amide bonds. The standard InChI is InChI=1S/C21H24N2O4S2/c1-14-4-12-19(28-14)18(25)11-7-16(24)8-13-20(26)22-15-5-9-17(10-6-15)29-21(27)23(2)3/h4-6,9-10,12H,7-8,11,13H2,1-3H3,(H,22,26). The number of anilines is 1. The predicted octanol–water partition coefficient (Wildman–Crippen LogP) is 4.78. The van der Waals surface area contributed by atoms with Gasteiger partial charge in [0.05, 0.1) is 4.88 Å². The number of carbonyl (C=O) groups is 4. The average molecular weight is 433 g/mol. The molecule has 0 fully saturated rings. The second kappa shape index (κ2) is 10.9. The van der Waals surface area contributed by atoms with Gasteiger partial charge in [-0.05, 0) is 55.1 Å². The minimum absolute atomic E-state index is 0.0355. The van der Waals surface area contributed by atoms with Crippen LogP contribution in [0.2, 0.25) is 0 Å². The Labute approximate surface area is 178 Å². The molecular weight excluding hydrogens is 408 g/mol. The summed E-state index contributed by atoms with van der Waals surface area (Å²) < 4.78 is 0. The van der Waals surface area contributed by atoms with Crippen molar-refractivity contribution in [1.29, 1.82) is 0 Å². The smallest absolute Gasteiger partial charge is 0.285 e. The fourth-order valence-corrected chi connectivity index (χ4v) is 3.85. The third-order valence-corrected chi connectivity index (χ3v) is 6.07. The summed E-state index contributed by atoms with van der Waals surface area (Å²) in [7, 11) is 3.37. The van der Waals surface area contributed by atoms with Gasteiger partial charge in [-0.15, -0.1) is 11.3 Å². The molecule has 0 bridgehead atoms. The zero-order valence-corrected chi connectivity index (χ0v) is 18.3. The van der Waals surface area contributed by atoms with Gasteiger partial charge in [0.15, 0.2) is 5.78 Å². The molecule has 2 aromatic rings. The van der Waals surface area contributed by atoms with Gasteiger partial charge in [-0.25, -0.2) is 0 Å². The number of aryl methyl sites for hydroxylation is 1. The zero-order chi connectivity index (χ0) is 21.4. The first-order chi connectivity index (χ1) is 13.7. The van der Waals surface area contributed by atoms with Crippen molar-refractivity contribution < 1.29 is 19.2 Å². The van der Waals surface area contributed by atoms with E-state index in [-0.39, 0.29) is 48.4 Å². The topological polar surface area (TPSA) is 83.5 Å². The van der Waals surface area contributed by atoms with E-state index < -0.39 is 0 Å². The summed E-state index contributed by atoms with van der Waals surface area (Å²) in [5.74, 6) is -0.398. The van der Waals surface area contributed by atoms with Crippen molar-refractivity contribution in [3.05, 3.63) is 46.2 Å². The highest BCUT2D eigenvalue weighted by Crippen LogP contribution is 2.22. The van der Waals surface area contributed by atoms with Crippen LogP contribution in [0.1, 0.15) is 40.2 Å². The number of rotatable bonds is 9. The minimum Gasteiger partial charge on any atom is -0.339 e. The van der Waals surface area contributed by atoms with Crippen LogP contribution in [0.15, 0.2) is 41.3 Å². The van der Waals surface area contributed by atoms with Crippen LogP contribution in [-0.2, 0) is 9.59 Å². The van der Waals surface area contributed by atoms with Gasteiger partial charge in [0, 0.05) is 55.2 Å². The fraction of sp³-hybridized carbons (Fsp3) is 0.333. The highest BCUT2D eigenvalue weighted by molar-refractivity contribution is 8.13. The number of hydrogen-bond acceptors (Lipinski definition) is 6. The average Bonchev–Trinajstić information content (AvgIpc) is 3.12. The largest absolute Gasteiger partial charge is 0.339 e. The Balaban J connectivity index is 1.71. The zero-order valence-electron chi connectivity index (χ0n) is 16.7. The van der Waals surface area contributed by atoms with Crippen LogP contribution in [0.5, 0.6) is 0 Å². The Morgan fingerprint density at radius 2 is 1.59 bits per heavy atom. The molecule has 0 aliphatic rings. The van der Waals surface area contributed by atoms with Gasteiger partial charge < -0.3 is 10.2 Å². The maximum absolute atomic E-state index is 12.0. The molecule has 0 radical (unpaired) electrons. The van der Waals surface area contributed by atoms with Crippen molar-refractivity contribution in [3.8, 4) is 0 Å².